The molecule has 1 aromatic rings. The van der Waals surface area contributed by atoms with Gasteiger partial charge in [0.15, 0.2) is 0 Å². The molecule has 78 valence electrons. The van der Waals surface area contributed by atoms with Gasteiger partial charge in [-0.1, -0.05) is 11.6 Å². The Morgan fingerprint density at radius 1 is 1.50 bits per heavy atom. The molecule has 0 fully saturated rings. The molecule has 0 aromatic heterocycles. The van der Waals surface area contributed by atoms with Crippen molar-refractivity contribution in [2.75, 3.05) is 17.3 Å². The van der Waals surface area contributed by atoms with E-state index in [1.54, 1.807) is 12.1 Å². The second-order valence-corrected chi connectivity index (χ2v) is 4.81. The van der Waals surface area contributed by atoms with Gasteiger partial charge in [-0.3, -0.25) is 4.57 Å². The van der Waals surface area contributed by atoms with Crippen molar-refractivity contribution in [3.63, 3.8) is 0 Å². The van der Waals surface area contributed by atoms with Crippen LogP contribution in [0.2, 0.25) is 5.02 Å². The molecule has 0 saturated heterocycles. The number of nitrogen functional groups attached to an aromatic ring is 1. The Kier molecular flexibility index (Phi) is 3.39. The molecule has 0 heterocycles. The molecular formula is C7H10ClN2O3P. The summed E-state index contributed by atoms with van der Waals surface area (Å²) in [7, 11) is -4.06. The number of hydrogen-bond donors (Lipinski definition) is 4. The summed E-state index contributed by atoms with van der Waals surface area (Å²) in [5, 5.41) is 3.01. The van der Waals surface area contributed by atoms with Gasteiger partial charge in [-0.15, -0.1) is 0 Å². The third kappa shape index (κ3) is 3.55. The smallest absolute Gasteiger partial charge is 0.344 e. The van der Waals surface area contributed by atoms with E-state index in [0.717, 1.165) is 0 Å². The fourth-order valence-electron chi connectivity index (χ4n) is 0.883. The van der Waals surface area contributed by atoms with Gasteiger partial charge >= 0.3 is 7.60 Å². The van der Waals surface area contributed by atoms with E-state index in [2.05, 4.69) is 5.32 Å². The van der Waals surface area contributed by atoms with Crippen molar-refractivity contribution in [2.24, 2.45) is 0 Å². The van der Waals surface area contributed by atoms with Crippen LogP contribution < -0.4 is 11.1 Å². The van der Waals surface area contributed by atoms with E-state index in [1.165, 1.54) is 6.07 Å². The number of nitrogens with two attached hydrogens (primary N) is 1. The maximum atomic E-state index is 10.5. The number of anilines is 2. The average Bonchev–Trinajstić information content (AvgIpc) is 2.00. The molecule has 0 unspecified atom stereocenters. The fraction of sp³-hybridized carbons (Fsp3) is 0.143. The van der Waals surface area contributed by atoms with Gasteiger partial charge in [0.05, 0.1) is 11.4 Å². The molecule has 0 aliphatic carbocycles. The molecule has 0 atom stereocenters. The molecule has 0 aliphatic heterocycles. The zero-order valence-corrected chi connectivity index (χ0v) is 8.79. The van der Waals surface area contributed by atoms with Crippen LogP contribution in [0.4, 0.5) is 11.4 Å². The number of nitrogens with one attached hydrogen (secondary N) is 1. The van der Waals surface area contributed by atoms with Crippen molar-refractivity contribution in [1.29, 1.82) is 0 Å². The van der Waals surface area contributed by atoms with Gasteiger partial charge < -0.3 is 20.8 Å². The highest BCUT2D eigenvalue weighted by Crippen LogP contribution is 2.34. The van der Waals surface area contributed by atoms with Crippen molar-refractivity contribution in [3.8, 4) is 0 Å². The Labute approximate surface area is 86.0 Å². The standard InChI is InChI=1S/C7H10ClN2O3P/c8-5-1-2-7(6(9)3-5)10-4-14(11,12)13/h1-3,10H,4,9H2,(H2,11,12,13). The molecule has 1 rings (SSSR count). The van der Waals surface area contributed by atoms with Crippen LogP contribution in [-0.4, -0.2) is 16.1 Å². The van der Waals surface area contributed by atoms with E-state index in [0.29, 0.717) is 16.4 Å². The molecule has 0 spiro atoms. The van der Waals surface area contributed by atoms with Crippen LogP contribution in [-0.2, 0) is 4.57 Å². The van der Waals surface area contributed by atoms with Gasteiger partial charge in [-0.25, -0.2) is 0 Å². The minimum absolute atomic E-state index is 0.353. The van der Waals surface area contributed by atoms with Crippen LogP contribution in [0.3, 0.4) is 0 Å². The summed E-state index contributed by atoms with van der Waals surface area (Å²) < 4.78 is 10.5. The largest absolute Gasteiger partial charge is 0.397 e. The van der Waals surface area contributed by atoms with Crippen molar-refractivity contribution in [2.45, 2.75) is 0 Å². The van der Waals surface area contributed by atoms with Crippen LogP contribution in [0.15, 0.2) is 18.2 Å². The van der Waals surface area contributed by atoms with Crippen LogP contribution >= 0.6 is 19.2 Å². The Morgan fingerprint density at radius 2 is 2.14 bits per heavy atom. The maximum Gasteiger partial charge on any atom is 0.344 e. The van der Waals surface area contributed by atoms with E-state index in [-0.39, 0.29) is 0 Å². The SMILES string of the molecule is Nc1cc(Cl)ccc1NCP(=O)(O)O. The van der Waals surface area contributed by atoms with Crippen LogP contribution in [0.5, 0.6) is 0 Å². The molecule has 5 nitrogen and oxygen atoms in total. The monoisotopic (exact) mass is 236 g/mol. The van der Waals surface area contributed by atoms with Gasteiger partial charge in [-0.05, 0) is 18.2 Å². The fourth-order valence-corrected chi connectivity index (χ4v) is 1.44. The second-order valence-electron chi connectivity index (χ2n) is 2.73. The summed E-state index contributed by atoms with van der Waals surface area (Å²) >= 11 is 5.65. The number of hydrogen-bond acceptors (Lipinski definition) is 3. The molecule has 5 N–H and O–H groups in total. The third-order valence-electron chi connectivity index (χ3n) is 1.49. The van der Waals surface area contributed by atoms with Gasteiger partial charge in [0.2, 0.25) is 0 Å². The summed E-state index contributed by atoms with van der Waals surface area (Å²) in [6.45, 7) is 0. The summed E-state index contributed by atoms with van der Waals surface area (Å²) in [6.07, 6.45) is -0.446. The average molecular weight is 237 g/mol. The molecule has 7 heteroatoms. The minimum atomic E-state index is -4.06. The number of rotatable bonds is 3. The predicted molar refractivity (Wildman–Crippen MR) is 56.4 cm³/mol. The third-order valence-corrected chi connectivity index (χ3v) is 2.29. The highest BCUT2D eigenvalue weighted by Gasteiger charge is 2.12. The van der Waals surface area contributed by atoms with Crippen molar-refractivity contribution in [1.82, 2.24) is 0 Å². The lowest BCUT2D eigenvalue weighted by molar-refractivity contribution is 0.375. The Morgan fingerprint density at radius 3 is 2.64 bits per heavy atom. The first-order valence-corrected chi connectivity index (χ1v) is 5.89. The zero-order valence-electron chi connectivity index (χ0n) is 7.14. The lowest BCUT2D eigenvalue weighted by Gasteiger charge is -2.10. The first kappa shape index (κ1) is 11.3. The Balaban J connectivity index is 2.73. The molecule has 0 bridgehead atoms. The van der Waals surface area contributed by atoms with Crippen molar-refractivity contribution in [3.05, 3.63) is 23.2 Å². The quantitative estimate of drug-likeness (QED) is 0.471. The highest BCUT2D eigenvalue weighted by atomic mass is 35.5. The second kappa shape index (κ2) is 4.19. The lowest BCUT2D eigenvalue weighted by atomic mass is 10.3. The van der Waals surface area contributed by atoms with Crippen LogP contribution in [0, 0.1) is 0 Å². The molecule has 0 aliphatic rings. The Bertz CT molecular complexity index is 379. The summed E-state index contributed by atoms with van der Waals surface area (Å²) in [6, 6.07) is 4.65. The van der Waals surface area contributed by atoms with E-state index in [4.69, 9.17) is 27.1 Å². The van der Waals surface area contributed by atoms with Gasteiger partial charge in [-0.2, -0.15) is 0 Å². The molecule has 0 saturated carbocycles. The molecule has 0 radical (unpaired) electrons. The molecule has 0 amide bonds. The summed E-state index contributed by atoms with van der Waals surface area (Å²) in [5.41, 5.74) is 6.36. The predicted octanol–water partition coefficient (Wildman–Crippen LogP) is 1.47. The van der Waals surface area contributed by atoms with E-state index >= 15 is 0 Å². The number of benzene rings is 1. The maximum absolute atomic E-state index is 10.5. The first-order valence-electron chi connectivity index (χ1n) is 3.72. The lowest BCUT2D eigenvalue weighted by Crippen LogP contribution is -2.04. The van der Waals surface area contributed by atoms with Crippen LogP contribution in [0.1, 0.15) is 0 Å². The highest BCUT2D eigenvalue weighted by molar-refractivity contribution is 7.51. The first-order chi connectivity index (χ1) is 6.38. The zero-order chi connectivity index (χ0) is 10.8. The van der Waals surface area contributed by atoms with Gasteiger partial charge in [0.1, 0.15) is 6.29 Å². The summed E-state index contributed by atoms with van der Waals surface area (Å²) in [5.74, 6) is 0. The molecule has 14 heavy (non-hydrogen) atoms. The Hall–Kier alpha value is -0.740. The van der Waals surface area contributed by atoms with E-state index < -0.39 is 13.9 Å². The molecular weight excluding hydrogens is 227 g/mol. The van der Waals surface area contributed by atoms with Crippen molar-refractivity contribution < 1.29 is 14.4 Å². The van der Waals surface area contributed by atoms with E-state index in [9.17, 15) is 4.57 Å². The van der Waals surface area contributed by atoms with Crippen molar-refractivity contribution >= 4 is 30.6 Å². The van der Waals surface area contributed by atoms with Crippen LogP contribution in [0.25, 0.3) is 0 Å². The minimum Gasteiger partial charge on any atom is -0.397 e. The van der Waals surface area contributed by atoms with E-state index in [1.807, 2.05) is 0 Å². The number of halogens is 1. The normalized spacial score (nSPS) is 11.4. The topological polar surface area (TPSA) is 95.6 Å². The van der Waals surface area contributed by atoms with Gasteiger partial charge in [0, 0.05) is 5.02 Å². The molecule has 1 aromatic carbocycles. The van der Waals surface area contributed by atoms with Gasteiger partial charge in [0.25, 0.3) is 0 Å². The summed E-state index contributed by atoms with van der Waals surface area (Å²) in [4.78, 5) is 17.2.